The van der Waals surface area contributed by atoms with Gasteiger partial charge in [-0.1, -0.05) is 6.07 Å². The first kappa shape index (κ1) is 17.9. The number of sulfonamides is 1. The number of benzene rings is 1. The number of hydrogen-bond donors (Lipinski definition) is 3. The first-order valence-corrected chi connectivity index (χ1v) is 8.04. The van der Waals surface area contributed by atoms with Crippen LogP contribution in [0.15, 0.2) is 29.2 Å². The highest BCUT2D eigenvalue weighted by molar-refractivity contribution is 7.89. The molecule has 1 aliphatic rings. The number of carbonyl (C=O) groups excluding carboxylic acids is 1. The van der Waals surface area contributed by atoms with Gasteiger partial charge in [0.05, 0.1) is 4.90 Å². The summed E-state index contributed by atoms with van der Waals surface area (Å²) in [5.74, 6) is -0.648. The zero-order chi connectivity index (χ0) is 14.8. The van der Waals surface area contributed by atoms with Crippen LogP contribution >= 0.6 is 12.4 Å². The summed E-state index contributed by atoms with van der Waals surface area (Å²) in [6.07, 6.45) is 3.09. The van der Waals surface area contributed by atoms with Crippen molar-refractivity contribution >= 4 is 28.3 Å². The van der Waals surface area contributed by atoms with Gasteiger partial charge < -0.3 is 11.5 Å². The molecule has 0 heterocycles. The van der Waals surface area contributed by atoms with E-state index in [9.17, 15) is 13.2 Å². The maximum absolute atomic E-state index is 12.3. The van der Waals surface area contributed by atoms with Crippen molar-refractivity contribution < 1.29 is 13.2 Å². The predicted molar refractivity (Wildman–Crippen MR) is 82.8 cm³/mol. The molecule has 0 unspecified atom stereocenters. The molecule has 0 radical (unpaired) electrons. The second-order valence-corrected chi connectivity index (χ2v) is 6.84. The third-order valence-electron chi connectivity index (χ3n) is 3.52. The van der Waals surface area contributed by atoms with Crippen LogP contribution in [-0.2, 0) is 10.0 Å². The molecule has 118 valence electrons. The zero-order valence-electron chi connectivity index (χ0n) is 11.5. The summed E-state index contributed by atoms with van der Waals surface area (Å²) in [4.78, 5) is 11.2. The molecule has 1 aromatic rings. The van der Waals surface area contributed by atoms with E-state index in [0.29, 0.717) is 0 Å². The first-order valence-electron chi connectivity index (χ1n) is 6.56. The van der Waals surface area contributed by atoms with E-state index in [1.54, 1.807) is 0 Å². The lowest BCUT2D eigenvalue weighted by Gasteiger charge is -2.26. The fraction of sp³-hybridized carbons (Fsp3) is 0.462. The summed E-state index contributed by atoms with van der Waals surface area (Å²) in [7, 11) is -3.63. The number of amides is 1. The quantitative estimate of drug-likeness (QED) is 0.754. The third kappa shape index (κ3) is 4.67. The molecular formula is C13H20ClN3O3S. The monoisotopic (exact) mass is 333 g/mol. The van der Waals surface area contributed by atoms with Gasteiger partial charge in [-0.15, -0.1) is 12.4 Å². The molecule has 8 heteroatoms. The van der Waals surface area contributed by atoms with Gasteiger partial charge in [0.25, 0.3) is 0 Å². The Morgan fingerprint density at radius 1 is 1.19 bits per heavy atom. The van der Waals surface area contributed by atoms with Gasteiger partial charge in [-0.2, -0.15) is 0 Å². The average Bonchev–Trinajstić information content (AvgIpc) is 2.41. The van der Waals surface area contributed by atoms with Crippen molar-refractivity contribution in [1.82, 2.24) is 4.72 Å². The molecule has 2 rings (SSSR count). The topological polar surface area (TPSA) is 115 Å². The molecule has 1 aliphatic carbocycles. The molecule has 0 aromatic heterocycles. The number of nitrogens with one attached hydrogen (secondary N) is 1. The average molecular weight is 334 g/mol. The summed E-state index contributed by atoms with van der Waals surface area (Å²) in [5.41, 5.74) is 11.1. The van der Waals surface area contributed by atoms with E-state index in [4.69, 9.17) is 11.5 Å². The number of hydrogen-bond acceptors (Lipinski definition) is 4. The van der Waals surface area contributed by atoms with E-state index in [1.807, 2.05) is 0 Å². The Hall–Kier alpha value is -1.15. The minimum Gasteiger partial charge on any atom is -0.366 e. The highest BCUT2D eigenvalue weighted by Gasteiger charge is 2.24. The Labute approximate surface area is 130 Å². The Kier molecular flexibility index (Phi) is 6.15. The second-order valence-electron chi connectivity index (χ2n) is 5.13. The fourth-order valence-corrected chi connectivity index (χ4v) is 3.69. The van der Waals surface area contributed by atoms with Crippen molar-refractivity contribution in [3.63, 3.8) is 0 Å². The number of nitrogens with two attached hydrogens (primary N) is 2. The Bertz CT molecular complexity index is 598. The van der Waals surface area contributed by atoms with Crippen molar-refractivity contribution in [2.24, 2.45) is 11.5 Å². The van der Waals surface area contributed by atoms with Crippen LogP contribution in [0.5, 0.6) is 0 Å². The van der Waals surface area contributed by atoms with E-state index in [1.165, 1.54) is 24.3 Å². The largest absolute Gasteiger partial charge is 0.366 e. The molecule has 5 N–H and O–H groups in total. The molecule has 1 amide bonds. The van der Waals surface area contributed by atoms with Crippen LogP contribution in [0.4, 0.5) is 0 Å². The van der Waals surface area contributed by atoms with Gasteiger partial charge in [0, 0.05) is 17.6 Å². The van der Waals surface area contributed by atoms with Crippen LogP contribution in [0.2, 0.25) is 0 Å². The van der Waals surface area contributed by atoms with Gasteiger partial charge in [-0.3, -0.25) is 4.79 Å². The molecular weight excluding hydrogens is 314 g/mol. The smallest absolute Gasteiger partial charge is 0.248 e. The van der Waals surface area contributed by atoms with E-state index in [-0.39, 0.29) is 34.9 Å². The summed E-state index contributed by atoms with van der Waals surface area (Å²) < 4.78 is 27.2. The van der Waals surface area contributed by atoms with E-state index in [0.717, 1.165) is 25.7 Å². The van der Waals surface area contributed by atoms with Crippen LogP contribution in [-0.4, -0.2) is 26.4 Å². The van der Waals surface area contributed by atoms with Crippen LogP contribution in [0.1, 0.15) is 36.0 Å². The molecule has 0 bridgehead atoms. The molecule has 0 aliphatic heterocycles. The van der Waals surface area contributed by atoms with Crippen LogP contribution < -0.4 is 16.2 Å². The minimum absolute atomic E-state index is 0. The van der Waals surface area contributed by atoms with Gasteiger partial charge >= 0.3 is 0 Å². The normalized spacial score (nSPS) is 22.3. The van der Waals surface area contributed by atoms with Gasteiger partial charge in [0.15, 0.2) is 0 Å². The van der Waals surface area contributed by atoms with Gasteiger partial charge in [-0.25, -0.2) is 13.1 Å². The zero-order valence-corrected chi connectivity index (χ0v) is 13.1. The standard InChI is InChI=1S/C13H19N3O3S.ClH/c14-10-4-6-11(7-5-10)16-20(18,19)12-3-1-2-9(8-12)13(15)17;/h1-3,8,10-11,16H,4-7,14H2,(H2,15,17);1H. The van der Waals surface area contributed by atoms with E-state index >= 15 is 0 Å². The van der Waals surface area contributed by atoms with Gasteiger partial charge in [0.1, 0.15) is 0 Å². The number of primary amides is 1. The maximum atomic E-state index is 12.3. The second kappa shape index (κ2) is 7.22. The molecule has 21 heavy (non-hydrogen) atoms. The summed E-state index contributed by atoms with van der Waals surface area (Å²) >= 11 is 0. The van der Waals surface area contributed by atoms with Gasteiger partial charge in [0.2, 0.25) is 15.9 Å². The summed E-state index contributed by atoms with van der Waals surface area (Å²) in [6.45, 7) is 0. The molecule has 1 aromatic carbocycles. The Morgan fingerprint density at radius 3 is 2.38 bits per heavy atom. The lowest BCUT2D eigenvalue weighted by molar-refractivity contribution is 0.1000. The lowest BCUT2D eigenvalue weighted by Crippen LogP contribution is -2.40. The molecule has 0 saturated heterocycles. The van der Waals surface area contributed by atoms with E-state index in [2.05, 4.69) is 4.72 Å². The van der Waals surface area contributed by atoms with Crippen LogP contribution in [0.25, 0.3) is 0 Å². The number of carbonyl (C=O) groups is 1. The lowest BCUT2D eigenvalue weighted by atomic mass is 9.93. The van der Waals surface area contributed by atoms with Crippen LogP contribution in [0.3, 0.4) is 0 Å². The molecule has 6 nitrogen and oxygen atoms in total. The van der Waals surface area contributed by atoms with E-state index < -0.39 is 15.9 Å². The summed E-state index contributed by atoms with van der Waals surface area (Å²) in [6, 6.07) is 5.79. The third-order valence-corrected chi connectivity index (χ3v) is 5.04. The van der Waals surface area contributed by atoms with Crippen molar-refractivity contribution in [2.75, 3.05) is 0 Å². The van der Waals surface area contributed by atoms with Crippen molar-refractivity contribution in [1.29, 1.82) is 0 Å². The first-order chi connectivity index (χ1) is 9.38. The van der Waals surface area contributed by atoms with Crippen molar-refractivity contribution in [3.05, 3.63) is 29.8 Å². The molecule has 1 fully saturated rings. The van der Waals surface area contributed by atoms with Gasteiger partial charge in [-0.05, 0) is 43.9 Å². The molecule has 1 saturated carbocycles. The fourth-order valence-electron chi connectivity index (χ4n) is 2.34. The number of rotatable bonds is 4. The van der Waals surface area contributed by atoms with Crippen molar-refractivity contribution in [2.45, 2.75) is 42.7 Å². The Balaban J connectivity index is 0.00000220. The highest BCUT2D eigenvalue weighted by Crippen LogP contribution is 2.20. The predicted octanol–water partition coefficient (Wildman–Crippen LogP) is 0.755. The molecule has 0 atom stereocenters. The maximum Gasteiger partial charge on any atom is 0.248 e. The van der Waals surface area contributed by atoms with Crippen LogP contribution in [0, 0.1) is 0 Å². The molecule has 0 spiro atoms. The summed E-state index contributed by atoms with van der Waals surface area (Å²) in [5, 5.41) is 0. The SMILES string of the molecule is Cl.NC(=O)c1cccc(S(=O)(=O)NC2CCC(N)CC2)c1. The Morgan fingerprint density at radius 2 is 1.81 bits per heavy atom. The minimum atomic E-state index is -3.63. The number of halogens is 1. The van der Waals surface area contributed by atoms with Crippen molar-refractivity contribution in [3.8, 4) is 0 Å². The highest BCUT2D eigenvalue weighted by atomic mass is 35.5.